The Morgan fingerprint density at radius 2 is 1.94 bits per heavy atom. The number of aryl methyl sites for hydroxylation is 1. The Labute approximate surface area is 197 Å². The normalized spacial score (nSPS) is 15.2. The summed E-state index contributed by atoms with van der Waals surface area (Å²) in [5.41, 5.74) is 3.38. The van der Waals surface area contributed by atoms with Crippen LogP contribution in [0.4, 0.5) is 11.5 Å². The van der Waals surface area contributed by atoms with E-state index in [1.807, 2.05) is 59.9 Å². The number of aromatic nitrogens is 2. The average molecular weight is 472 g/mol. The number of ether oxygens (including phenoxy) is 1. The molecule has 0 aliphatic heterocycles. The number of nitrogens with zero attached hydrogens (tertiary/aromatic N) is 2. The van der Waals surface area contributed by atoms with Gasteiger partial charge in [0.1, 0.15) is 29.3 Å². The summed E-state index contributed by atoms with van der Waals surface area (Å²) >= 11 is 8.02. The van der Waals surface area contributed by atoms with Crippen LogP contribution >= 0.6 is 35.3 Å². The lowest BCUT2D eigenvalue weighted by molar-refractivity contribution is 0.306. The quantitative estimate of drug-likeness (QED) is 0.333. The summed E-state index contributed by atoms with van der Waals surface area (Å²) in [6, 6.07) is 15.7. The maximum absolute atomic E-state index is 6.20. The first-order valence-corrected chi connectivity index (χ1v) is 11.4. The highest BCUT2D eigenvalue weighted by molar-refractivity contribution is 7.19. The molecule has 0 spiro atoms. The summed E-state index contributed by atoms with van der Waals surface area (Å²) in [6.45, 7) is 2.77. The first-order chi connectivity index (χ1) is 14.7. The maximum atomic E-state index is 6.20. The van der Waals surface area contributed by atoms with Gasteiger partial charge in [-0.1, -0.05) is 36.7 Å². The van der Waals surface area contributed by atoms with Crippen molar-refractivity contribution in [3.63, 3.8) is 0 Å². The van der Waals surface area contributed by atoms with E-state index in [0.717, 1.165) is 51.4 Å². The average Bonchev–Trinajstić information content (AvgIpc) is 3.12. The molecule has 0 fully saturated rings. The van der Waals surface area contributed by atoms with Crippen LogP contribution in [-0.2, 0) is 19.4 Å². The standard InChI is InChI=1S/C24H22ClN3OS.ClH/c1-15-6-11-19-21(12-15)30-24-22(19)23(26-14-27-24)28-17-7-9-18(10-8-17)29-13-16-4-2-3-5-20(16)25;/h2-5,7-10,14-15H,6,11-13H2,1H3,(H,26,27,28);1H. The zero-order valence-corrected chi connectivity index (χ0v) is 19.5. The Kier molecular flexibility index (Phi) is 6.65. The van der Waals surface area contributed by atoms with E-state index in [1.54, 1.807) is 6.33 Å². The predicted octanol–water partition coefficient (Wildman–Crippen LogP) is 7.21. The minimum atomic E-state index is 0. The molecule has 31 heavy (non-hydrogen) atoms. The van der Waals surface area contributed by atoms with Crippen molar-refractivity contribution in [1.29, 1.82) is 0 Å². The lowest BCUT2D eigenvalue weighted by atomic mass is 9.89. The Bertz CT molecular complexity index is 1190. The molecule has 2 aromatic heterocycles. The van der Waals surface area contributed by atoms with Gasteiger partial charge in [-0.25, -0.2) is 9.97 Å². The van der Waals surface area contributed by atoms with Gasteiger partial charge in [-0.05, 0) is 61.1 Å². The van der Waals surface area contributed by atoms with Crippen LogP contribution < -0.4 is 10.1 Å². The molecule has 2 heterocycles. The van der Waals surface area contributed by atoms with Gasteiger partial charge < -0.3 is 10.1 Å². The summed E-state index contributed by atoms with van der Waals surface area (Å²) in [5, 5.41) is 5.39. The van der Waals surface area contributed by atoms with Gasteiger partial charge >= 0.3 is 0 Å². The summed E-state index contributed by atoms with van der Waals surface area (Å²) < 4.78 is 5.88. The molecule has 1 aliphatic rings. The number of rotatable bonds is 5. The van der Waals surface area contributed by atoms with Gasteiger partial charge in [0.05, 0.1) is 5.39 Å². The molecular weight excluding hydrogens is 449 g/mol. The highest BCUT2D eigenvalue weighted by atomic mass is 35.5. The fourth-order valence-electron chi connectivity index (χ4n) is 3.92. The molecular formula is C24H23Cl2N3OS. The number of hydrogen-bond acceptors (Lipinski definition) is 5. The summed E-state index contributed by atoms with van der Waals surface area (Å²) in [6.07, 6.45) is 5.13. The minimum absolute atomic E-state index is 0. The lowest BCUT2D eigenvalue weighted by Gasteiger charge is -2.18. The van der Waals surface area contributed by atoms with E-state index >= 15 is 0 Å². The second-order valence-electron chi connectivity index (χ2n) is 7.78. The van der Waals surface area contributed by atoms with E-state index in [9.17, 15) is 0 Å². The Morgan fingerprint density at radius 1 is 1.13 bits per heavy atom. The van der Waals surface area contributed by atoms with Gasteiger partial charge in [0, 0.05) is 21.2 Å². The van der Waals surface area contributed by atoms with Crippen molar-refractivity contribution in [1.82, 2.24) is 9.97 Å². The third-order valence-corrected chi connectivity index (χ3v) is 7.09. The number of benzene rings is 2. The maximum Gasteiger partial charge on any atom is 0.142 e. The Morgan fingerprint density at radius 3 is 2.74 bits per heavy atom. The fourth-order valence-corrected chi connectivity index (χ4v) is 5.46. The molecule has 5 rings (SSSR count). The molecule has 160 valence electrons. The topological polar surface area (TPSA) is 47.0 Å². The van der Waals surface area contributed by atoms with Gasteiger partial charge in [-0.2, -0.15) is 0 Å². The molecule has 7 heteroatoms. The molecule has 1 aliphatic carbocycles. The van der Waals surface area contributed by atoms with Crippen molar-refractivity contribution < 1.29 is 4.74 Å². The van der Waals surface area contributed by atoms with E-state index in [2.05, 4.69) is 22.2 Å². The van der Waals surface area contributed by atoms with Gasteiger partial charge in [0.15, 0.2) is 0 Å². The molecule has 0 radical (unpaired) electrons. The number of halogens is 2. The zero-order chi connectivity index (χ0) is 20.5. The van der Waals surface area contributed by atoms with Crippen molar-refractivity contribution in [2.45, 2.75) is 32.8 Å². The highest BCUT2D eigenvalue weighted by Gasteiger charge is 2.23. The largest absolute Gasteiger partial charge is 0.489 e. The molecule has 1 N–H and O–H groups in total. The molecule has 4 nitrogen and oxygen atoms in total. The Hall–Kier alpha value is -2.34. The lowest BCUT2D eigenvalue weighted by Crippen LogP contribution is -2.09. The van der Waals surface area contributed by atoms with E-state index in [-0.39, 0.29) is 12.4 Å². The van der Waals surface area contributed by atoms with Crippen LogP contribution in [0, 0.1) is 5.92 Å². The monoisotopic (exact) mass is 471 g/mol. The van der Waals surface area contributed by atoms with E-state index in [4.69, 9.17) is 16.3 Å². The molecule has 0 saturated carbocycles. The van der Waals surface area contributed by atoms with Gasteiger partial charge in [0.2, 0.25) is 0 Å². The highest BCUT2D eigenvalue weighted by Crippen LogP contribution is 2.40. The molecule has 4 aromatic rings. The van der Waals surface area contributed by atoms with Crippen molar-refractivity contribution in [3.05, 3.63) is 75.9 Å². The summed E-state index contributed by atoms with van der Waals surface area (Å²) in [7, 11) is 0. The van der Waals surface area contributed by atoms with Gasteiger partial charge in [-0.15, -0.1) is 23.7 Å². The number of nitrogens with one attached hydrogen (secondary N) is 1. The predicted molar refractivity (Wildman–Crippen MR) is 131 cm³/mol. The number of hydrogen-bond donors (Lipinski definition) is 1. The molecule has 2 aromatic carbocycles. The van der Waals surface area contributed by atoms with Gasteiger partial charge in [0.25, 0.3) is 0 Å². The molecule has 1 atom stereocenters. The second kappa shape index (κ2) is 9.43. The van der Waals surface area contributed by atoms with Crippen molar-refractivity contribution in [2.24, 2.45) is 5.92 Å². The van der Waals surface area contributed by atoms with Crippen LogP contribution in [0.3, 0.4) is 0 Å². The smallest absolute Gasteiger partial charge is 0.142 e. The summed E-state index contributed by atoms with van der Waals surface area (Å²) in [5.74, 6) is 2.43. The van der Waals surface area contributed by atoms with Crippen LogP contribution in [0.2, 0.25) is 5.02 Å². The summed E-state index contributed by atoms with van der Waals surface area (Å²) in [4.78, 5) is 11.6. The second-order valence-corrected chi connectivity index (χ2v) is 9.27. The third-order valence-electron chi connectivity index (χ3n) is 5.56. The van der Waals surface area contributed by atoms with Crippen LogP contribution in [-0.4, -0.2) is 9.97 Å². The Balaban J connectivity index is 0.00000231. The number of fused-ring (bicyclic) bond motifs is 3. The molecule has 0 amide bonds. The molecule has 1 unspecified atom stereocenters. The van der Waals surface area contributed by atoms with Crippen LogP contribution in [0.15, 0.2) is 54.9 Å². The first kappa shape index (κ1) is 21.9. The number of thiophene rings is 1. The number of anilines is 2. The fraction of sp³-hybridized carbons (Fsp3) is 0.250. The van der Waals surface area contributed by atoms with Crippen LogP contribution in [0.25, 0.3) is 10.2 Å². The minimum Gasteiger partial charge on any atom is -0.489 e. The van der Waals surface area contributed by atoms with E-state index < -0.39 is 0 Å². The molecule has 0 saturated heterocycles. The van der Waals surface area contributed by atoms with E-state index in [1.165, 1.54) is 22.2 Å². The SMILES string of the molecule is CC1CCc2c(sc3ncnc(Nc4ccc(OCc5ccccc5Cl)cc4)c23)C1.Cl. The van der Waals surface area contributed by atoms with Crippen LogP contribution in [0.5, 0.6) is 5.75 Å². The van der Waals surface area contributed by atoms with E-state index in [0.29, 0.717) is 6.61 Å². The molecule has 0 bridgehead atoms. The van der Waals surface area contributed by atoms with Crippen molar-refractivity contribution >= 4 is 57.1 Å². The van der Waals surface area contributed by atoms with Crippen LogP contribution in [0.1, 0.15) is 29.3 Å². The van der Waals surface area contributed by atoms with Gasteiger partial charge in [-0.3, -0.25) is 0 Å². The first-order valence-electron chi connectivity index (χ1n) is 10.2. The van der Waals surface area contributed by atoms with Crippen molar-refractivity contribution in [2.75, 3.05) is 5.32 Å². The zero-order valence-electron chi connectivity index (χ0n) is 17.1. The van der Waals surface area contributed by atoms with Crippen molar-refractivity contribution in [3.8, 4) is 5.75 Å². The third kappa shape index (κ3) is 4.64.